The average Bonchev–Trinajstić information content (AvgIpc) is 2.81. The summed E-state index contributed by atoms with van der Waals surface area (Å²) in [7, 11) is 0. The van der Waals surface area contributed by atoms with E-state index in [0.717, 1.165) is 55.5 Å². The average molecular weight is 405 g/mol. The summed E-state index contributed by atoms with van der Waals surface area (Å²) in [6.07, 6.45) is 5.81. The molecule has 1 aliphatic heterocycles. The molecule has 0 bridgehead atoms. The van der Waals surface area contributed by atoms with Crippen LogP contribution in [-0.4, -0.2) is 47.5 Å². The smallest absolute Gasteiger partial charge is 0.225 e. The molecule has 1 saturated carbocycles. The molecule has 6 nitrogen and oxygen atoms in total. The highest BCUT2D eigenvalue weighted by molar-refractivity contribution is 5.86. The van der Waals surface area contributed by atoms with Crippen LogP contribution in [0, 0.1) is 0 Å². The van der Waals surface area contributed by atoms with E-state index < -0.39 is 0 Å². The second-order valence-corrected chi connectivity index (χ2v) is 8.15. The summed E-state index contributed by atoms with van der Waals surface area (Å²) in [5.41, 5.74) is 2.21. The second-order valence-electron chi connectivity index (χ2n) is 8.15. The van der Waals surface area contributed by atoms with E-state index >= 15 is 0 Å². The molecule has 2 aliphatic rings. The number of ether oxygens (including phenoxy) is 2. The van der Waals surface area contributed by atoms with Crippen molar-refractivity contribution in [2.75, 3.05) is 31.2 Å². The number of aromatic nitrogens is 2. The van der Waals surface area contributed by atoms with E-state index in [1.165, 1.54) is 11.8 Å². The van der Waals surface area contributed by atoms with Crippen molar-refractivity contribution in [3.05, 3.63) is 54.2 Å². The van der Waals surface area contributed by atoms with Gasteiger partial charge in [0.25, 0.3) is 0 Å². The first-order chi connectivity index (χ1) is 14.8. The van der Waals surface area contributed by atoms with Gasteiger partial charge in [-0.05, 0) is 43.2 Å². The first-order valence-electron chi connectivity index (χ1n) is 10.8. The van der Waals surface area contributed by atoms with Crippen molar-refractivity contribution in [1.29, 1.82) is 0 Å². The molecule has 1 aromatic carbocycles. The Bertz CT molecular complexity index is 997. The van der Waals surface area contributed by atoms with Crippen LogP contribution in [0.2, 0.25) is 0 Å². The monoisotopic (exact) mass is 405 g/mol. The highest BCUT2D eigenvalue weighted by Gasteiger charge is 2.25. The van der Waals surface area contributed by atoms with E-state index in [4.69, 9.17) is 14.5 Å². The molecule has 0 spiro atoms. The summed E-state index contributed by atoms with van der Waals surface area (Å²) >= 11 is 0. The Morgan fingerprint density at radius 1 is 1.00 bits per heavy atom. The minimum absolute atomic E-state index is 0.126. The number of nitrogens with zero attached hydrogens (tertiary/aromatic N) is 3. The van der Waals surface area contributed by atoms with Crippen LogP contribution >= 0.6 is 0 Å². The second kappa shape index (κ2) is 8.48. The van der Waals surface area contributed by atoms with Crippen LogP contribution in [0.4, 0.5) is 5.82 Å². The van der Waals surface area contributed by atoms with Crippen LogP contribution in [0.5, 0.6) is 11.6 Å². The largest absolute Gasteiger partial charge is 0.506 e. The molecule has 156 valence electrons. The van der Waals surface area contributed by atoms with Crippen molar-refractivity contribution in [3.63, 3.8) is 0 Å². The normalized spacial score (nSPS) is 22.2. The van der Waals surface area contributed by atoms with Crippen LogP contribution in [0.3, 0.4) is 0 Å². The van der Waals surface area contributed by atoms with Gasteiger partial charge in [0, 0.05) is 19.2 Å². The number of hydrogen-bond acceptors (Lipinski definition) is 6. The van der Waals surface area contributed by atoms with Crippen molar-refractivity contribution in [2.45, 2.75) is 37.7 Å². The lowest BCUT2D eigenvalue weighted by molar-refractivity contribution is 0.122. The molecule has 5 rings (SSSR count). The van der Waals surface area contributed by atoms with Gasteiger partial charge in [0.2, 0.25) is 5.88 Å². The molecular formula is C24H27N3O3. The topological polar surface area (TPSA) is 67.7 Å². The van der Waals surface area contributed by atoms with Crippen molar-refractivity contribution < 1.29 is 14.6 Å². The van der Waals surface area contributed by atoms with E-state index in [2.05, 4.69) is 40.2 Å². The predicted molar refractivity (Wildman–Crippen MR) is 116 cm³/mol. The zero-order valence-corrected chi connectivity index (χ0v) is 17.0. The maximum Gasteiger partial charge on any atom is 0.225 e. The fraction of sp³-hybridized carbons (Fsp3) is 0.417. The van der Waals surface area contributed by atoms with Gasteiger partial charge in [-0.15, -0.1) is 0 Å². The SMILES string of the molecule is Oc1cnc2cc(N3CCOCC3)nc(OC3CCC(c4ccccc4)CC3)c2c1. The van der Waals surface area contributed by atoms with Gasteiger partial charge in [0.05, 0.1) is 30.3 Å². The molecule has 3 aromatic rings. The van der Waals surface area contributed by atoms with Gasteiger partial charge in [-0.2, -0.15) is 4.98 Å². The number of pyridine rings is 2. The number of anilines is 1. The van der Waals surface area contributed by atoms with E-state index in [-0.39, 0.29) is 11.9 Å². The van der Waals surface area contributed by atoms with Crippen LogP contribution in [0.25, 0.3) is 10.9 Å². The number of hydrogen-bond donors (Lipinski definition) is 1. The Morgan fingerprint density at radius 2 is 1.77 bits per heavy atom. The van der Waals surface area contributed by atoms with Crippen LogP contribution in [-0.2, 0) is 4.74 Å². The summed E-state index contributed by atoms with van der Waals surface area (Å²) < 4.78 is 11.9. The summed E-state index contributed by atoms with van der Waals surface area (Å²) in [4.78, 5) is 11.5. The molecule has 2 fully saturated rings. The Labute approximate surface area is 176 Å². The molecule has 1 aliphatic carbocycles. The Kier molecular flexibility index (Phi) is 5.41. The lowest BCUT2D eigenvalue weighted by Crippen LogP contribution is -2.36. The molecule has 1 saturated heterocycles. The summed E-state index contributed by atoms with van der Waals surface area (Å²) in [5.74, 6) is 2.15. The van der Waals surface area contributed by atoms with Crippen LogP contribution < -0.4 is 9.64 Å². The number of benzene rings is 1. The minimum atomic E-state index is 0.126. The molecule has 0 amide bonds. The molecule has 0 unspecified atom stereocenters. The minimum Gasteiger partial charge on any atom is -0.506 e. The van der Waals surface area contributed by atoms with Gasteiger partial charge in [-0.25, -0.2) is 0 Å². The Balaban J connectivity index is 1.37. The fourth-order valence-corrected chi connectivity index (χ4v) is 4.51. The van der Waals surface area contributed by atoms with E-state index in [9.17, 15) is 5.11 Å². The quantitative estimate of drug-likeness (QED) is 0.699. The van der Waals surface area contributed by atoms with Gasteiger partial charge in [0.15, 0.2) is 0 Å². The summed E-state index contributed by atoms with van der Waals surface area (Å²) in [5, 5.41) is 10.7. The maximum absolute atomic E-state index is 9.97. The highest BCUT2D eigenvalue weighted by Crippen LogP contribution is 2.36. The highest BCUT2D eigenvalue weighted by atomic mass is 16.5. The van der Waals surface area contributed by atoms with Crippen molar-refractivity contribution >= 4 is 16.7 Å². The molecule has 1 N–H and O–H groups in total. The number of morpholine rings is 1. The van der Waals surface area contributed by atoms with Gasteiger partial charge < -0.3 is 19.5 Å². The molecule has 0 radical (unpaired) electrons. The van der Waals surface area contributed by atoms with Crippen molar-refractivity contribution in [1.82, 2.24) is 9.97 Å². The number of rotatable bonds is 4. The van der Waals surface area contributed by atoms with Crippen molar-refractivity contribution in [3.8, 4) is 11.6 Å². The third kappa shape index (κ3) is 4.05. The van der Waals surface area contributed by atoms with Gasteiger partial charge in [0.1, 0.15) is 17.7 Å². The third-order valence-electron chi connectivity index (χ3n) is 6.17. The standard InChI is InChI=1S/C24H27N3O3/c28-19-14-21-22(25-16-19)15-23(27-10-12-29-13-11-27)26-24(21)30-20-8-6-18(7-9-20)17-4-2-1-3-5-17/h1-5,14-16,18,20,28H,6-13H2. The maximum atomic E-state index is 9.97. The van der Waals surface area contributed by atoms with Gasteiger partial charge in [-0.1, -0.05) is 30.3 Å². The Hall–Kier alpha value is -2.86. The first kappa shape index (κ1) is 19.1. The van der Waals surface area contributed by atoms with E-state index in [0.29, 0.717) is 25.0 Å². The number of aromatic hydroxyl groups is 1. The molecule has 6 heteroatoms. The van der Waals surface area contributed by atoms with E-state index in [1.54, 1.807) is 6.07 Å². The van der Waals surface area contributed by atoms with Crippen molar-refractivity contribution in [2.24, 2.45) is 0 Å². The summed E-state index contributed by atoms with van der Waals surface area (Å²) in [6, 6.07) is 14.4. The number of fused-ring (bicyclic) bond motifs is 1. The summed E-state index contributed by atoms with van der Waals surface area (Å²) in [6.45, 7) is 3.00. The molecule has 3 heterocycles. The molecule has 2 aromatic heterocycles. The van der Waals surface area contributed by atoms with Gasteiger partial charge >= 0.3 is 0 Å². The van der Waals surface area contributed by atoms with Crippen LogP contribution in [0.15, 0.2) is 48.7 Å². The molecule has 30 heavy (non-hydrogen) atoms. The predicted octanol–water partition coefficient (Wildman–Crippen LogP) is 4.28. The fourth-order valence-electron chi connectivity index (χ4n) is 4.51. The third-order valence-corrected chi connectivity index (χ3v) is 6.17. The zero-order chi connectivity index (χ0) is 20.3. The molecular weight excluding hydrogens is 378 g/mol. The van der Waals surface area contributed by atoms with Gasteiger partial charge in [-0.3, -0.25) is 4.98 Å². The van der Waals surface area contributed by atoms with Crippen LogP contribution in [0.1, 0.15) is 37.2 Å². The lowest BCUT2D eigenvalue weighted by Gasteiger charge is -2.30. The zero-order valence-electron chi connectivity index (χ0n) is 17.0. The lowest BCUT2D eigenvalue weighted by atomic mass is 9.83. The Morgan fingerprint density at radius 3 is 2.53 bits per heavy atom. The molecule has 0 atom stereocenters. The first-order valence-corrected chi connectivity index (χ1v) is 10.8. The van der Waals surface area contributed by atoms with E-state index in [1.807, 2.05) is 6.07 Å².